The van der Waals surface area contributed by atoms with Crippen LogP contribution in [0.5, 0.6) is 0 Å². The Morgan fingerprint density at radius 2 is 1.26 bits per heavy atom. The fraction of sp³-hybridized carbons (Fsp3) is 0.185. The molecule has 0 saturated carbocycles. The first-order valence-electron chi connectivity index (χ1n) is 11.1. The molecule has 3 amide bonds. The summed E-state index contributed by atoms with van der Waals surface area (Å²) in [5.74, 6) is -2.81. The van der Waals surface area contributed by atoms with Gasteiger partial charge in [-0.1, -0.05) is 72.8 Å². The standard InChI is InChI=1S/C27H22N2O5/c30-23(17-28-24(31)20-13-7-8-14-21(20)25(28)32)29-22(26(33)34)15-16-27(29,18-9-3-1-4-10-18)19-11-5-2-6-12-19/h1-14,22H,15-17H2,(H,33,34). The highest BCUT2D eigenvalue weighted by Crippen LogP contribution is 2.47. The van der Waals surface area contributed by atoms with Gasteiger partial charge in [0.05, 0.1) is 16.7 Å². The summed E-state index contributed by atoms with van der Waals surface area (Å²) in [4.78, 5) is 54.2. The molecule has 34 heavy (non-hydrogen) atoms. The summed E-state index contributed by atoms with van der Waals surface area (Å²) in [6.07, 6.45) is 0.638. The van der Waals surface area contributed by atoms with E-state index < -0.39 is 41.8 Å². The van der Waals surface area contributed by atoms with Crippen molar-refractivity contribution < 1.29 is 24.3 Å². The zero-order chi connectivity index (χ0) is 23.9. The Balaban J connectivity index is 1.59. The van der Waals surface area contributed by atoms with E-state index in [9.17, 15) is 24.3 Å². The molecular formula is C27H22N2O5. The van der Waals surface area contributed by atoms with E-state index in [1.165, 1.54) is 4.90 Å². The number of carboxylic acid groups (broad SMARTS) is 1. The second-order valence-electron chi connectivity index (χ2n) is 8.49. The topological polar surface area (TPSA) is 95.0 Å². The highest BCUT2D eigenvalue weighted by molar-refractivity contribution is 6.22. The van der Waals surface area contributed by atoms with Crippen molar-refractivity contribution in [1.82, 2.24) is 9.80 Å². The predicted molar refractivity (Wildman–Crippen MR) is 123 cm³/mol. The third-order valence-electron chi connectivity index (χ3n) is 6.73. The number of imide groups is 1. The number of carbonyl (C=O) groups is 4. The summed E-state index contributed by atoms with van der Waals surface area (Å²) in [5.41, 5.74) is 1.01. The molecular weight excluding hydrogens is 432 g/mol. The Labute approximate surface area is 196 Å². The third-order valence-corrected chi connectivity index (χ3v) is 6.73. The maximum absolute atomic E-state index is 13.8. The van der Waals surface area contributed by atoms with Crippen molar-refractivity contribution in [3.8, 4) is 0 Å². The van der Waals surface area contributed by atoms with Gasteiger partial charge in [0.15, 0.2) is 0 Å². The van der Waals surface area contributed by atoms with Crippen LogP contribution < -0.4 is 0 Å². The molecule has 1 unspecified atom stereocenters. The average molecular weight is 454 g/mol. The van der Waals surface area contributed by atoms with E-state index in [1.54, 1.807) is 24.3 Å². The minimum Gasteiger partial charge on any atom is -0.480 e. The van der Waals surface area contributed by atoms with Gasteiger partial charge in [-0.15, -0.1) is 0 Å². The number of rotatable bonds is 5. The van der Waals surface area contributed by atoms with Crippen LogP contribution in [0, 0.1) is 0 Å². The molecule has 2 aliphatic rings. The number of fused-ring (bicyclic) bond motifs is 1. The third kappa shape index (κ3) is 3.20. The zero-order valence-electron chi connectivity index (χ0n) is 18.3. The smallest absolute Gasteiger partial charge is 0.326 e. The van der Waals surface area contributed by atoms with E-state index in [1.807, 2.05) is 60.7 Å². The van der Waals surface area contributed by atoms with Crippen molar-refractivity contribution in [1.29, 1.82) is 0 Å². The molecule has 7 nitrogen and oxygen atoms in total. The van der Waals surface area contributed by atoms with E-state index in [-0.39, 0.29) is 17.5 Å². The number of nitrogens with zero attached hydrogens (tertiary/aromatic N) is 2. The van der Waals surface area contributed by atoms with Crippen molar-refractivity contribution in [3.63, 3.8) is 0 Å². The number of amides is 3. The van der Waals surface area contributed by atoms with E-state index in [0.29, 0.717) is 6.42 Å². The Bertz CT molecular complexity index is 1210. The number of carbonyl (C=O) groups excluding carboxylic acids is 3. The second-order valence-corrected chi connectivity index (χ2v) is 8.49. The SMILES string of the molecule is O=C(O)C1CCC(c2ccccc2)(c2ccccc2)N1C(=O)CN1C(=O)c2ccccc2C1=O. The number of benzene rings is 3. The Morgan fingerprint density at radius 1 is 0.794 bits per heavy atom. The van der Waals surface area contributed by atoms with Gasteiger partial charge in [0.1, 0.15) is 12.6 Å². The minimum atomic E-state index is -1.12. The van der Waals surface area contributed by atoms with Crippen molar-refractivity contribution in [3.05, 3.63) is 107 Å². The lowest BCUT2D eigenvalue weighted by atomic mass is 9.80. The molecule has 0 aliphatic carbocycles. The van der Waals surface area contributed by atoms with Crippen LogP contribution in [0.25, 0.3) is 0 Å². The summed E-state index contributed by atoms with van der Waals surface area (Å²) in [5, 5.41) is 10.0. The molecule has 1 N–H and O–H groups in total. The predicted octanol–water partition coefficient (Wildman–Crippen LogP) is 3.30. The summed E-state index contributed by atoms with van der Waals surface area (Å²) in [7, 11) is 0. The van der Waals surface area contributed by atoms with Crippen LogP contribution in [-0.2, 0) is 15.1 Å². The van der Waals surface area contributed by atoms with Crippen molar-refractivity contribution in [2.24, 2.45) is 0 Å². The van der Waals surface area contributed by atoms with E-state index in [2.05, 4.69) is 0 Å². The van der Waals surface area contributed by atoms with Crippen molar-refractivity contribution in [2.75, 3.05) is 6.54 Å². The Kier molecular flexibility index (Phi) is 5.24. The molecule has 2 heterocycles. The van der Waals surface area contributed by atoms with Gasteiger partial charge in [-0.3, -0.25) is 19.3 Å². The number of aliphatic carboxylic acids is 1. The Morgan fingerprint density at radius 3 is 1.74 bits per heavy atom. The van der Waals surface area contributed by atoms with Crippen LogP contribution in [0.15, 0.2) is 84.9 Å². The van der Waals surface area contributed by atoms with Crippen LogP contribution in [0.1, 0.15) is 44.7 Å². The zero-order valence-corrected chi connectivity index (χ0v) is 18.3. The summed E-state index contributed by atoms with van der Waals surface area (Å²) in [6, 6.07) is 23.9. The molecule has 0 bridgehead atoms. The number of likely N-dealkylation sites (tertiary alicyclic amines) is 1. The first kappa shape index (κ1) is 21.6. The fourth-order valence-corrected chi connectivity index (χ4v) is 5.24. The molecule has 1 atom stereocenters. The van der Waals surface area contributed by atoms with Crippen LogP contribution in [0.2, 0.25) is 0 Å². The molecule has 0 radical (unpaired) electrons. The van der Waals surface area contributed by atoms with Crippen molar-refractivity contribution in [2.45, 2.75) is 24.4 Å². The fourth-order valence-electron chi connectivity index (χ4n) is 5.24. The molecule has 2 aliphatic heterocycles. The molecule has 3 aromatic carbocycles. The molecule has 1 fully saturated rings. The second kappa shape index (κ2) is 8.26. The number of carboxylic acids is 1. The largest absolute Gasteiger partial charge is 0.480 e. The lowest BCUT2D eigenvalue weighted by molar-refractivity contribution is -0.151. The van der Waals surface area contributed by atoms with Gasteiger partial charge in [0, 0.05) is 0 Å². The van der Waals surface area contributed by atoms with E-state index in [4.69, 9.17) is 0 Å². The maximum Gasteiger partial charge on any atom is 0.326 e. The monoisotopic (exact) mass is 454 g/mol. The van der Waals surface area contributed by atoms with Gasteiger partial charge in [-0.25, -0.2) is 4.79 Å². The molecule has 7 heteroatoms. The first-order valence-corrected chi connectivity index (χ1v) is 11.1. The average Bonchev–Trinajstić information content (AvgIpc) is 3.39. The number of hydrogen-bond acceptors (Lipinski definition) is 4. The van der Waals surface area contributed by atoms with Gasteiger partial charge in [0.25, 0.3) is 11.8 Å². The summed E-state index contributed by atoms with van der Waals surface area (Å²) < 4.78 is 0. The first-order chi connectivity index (χ1) is 16.4. The van der Waals surface area contributed by atoms with Gasteiger partial charge in [0.2, 0.25) is 5.91 Å². The van der Waals surface area contributed by atoms with Gasteiger partial charge in [-0.2, -0.15) is 0 Å². The highest BCUT2D eigenvalue weighted by Gasteiger charge is 2.54. The molecule has 1 saturated heterocycles. The van der Waals surface area contributed by atoms with E-state index in [0.717, 1.165) is 16.0 Å². The number of hydrogen-bond donors (Lipinski definition) is 1. The lowest BCUT2D eigenvalue weighted by Gasteiger charge is -2.41. The van der Waals surface area contributed by atoms with Crippen LogP contribution >= 0.6 is 0 Å². The molecule has 0 aromatic heterocycles. The van der Waals surface area contributed by atoms with Gasteiger partial charge >= 0.3 is 5.97 Å². The normalized spacial score (nSPS) is 18.8. The highest BCUT2D eigenvalue weighted by atomic mass is 16.4. The summed E-state index contributed by atoms with van der Waals surface area (Å²) >= 11 is 0. The molecule has 5 rings (SSSR count). The van der Waals surface area contributed by atoms with Crippen LogP contribution in [0.3, 0.4) is 0 Å². The molecule has 170 valence electrons. The Hall–Kier alpha value is -4.26. The summed E-state index contributed by atoms with van der Waals surface area (Å²) in [6.45, 7) is -0.530. The van der Waals surface area contributed by atoms with E-state index >= 15 is 0 Å². The van der Waals surface area contributed by atoms with Crippen LogP contribution in [0.4, 0.5) is 0 Å². The molecule has 3 aromatic rings. The van der Waals surface area contributed by atoms with Gasteiger partial charge in [-0.05, 0) is 36.1 Å². The van der Waals surface area contributed by atoms with Crippen LogP contribution in [-0.4, -0.2) is 51.2 Å². The molecule has 0 spiro atoms. The maximum atomic E-state index is 13.8. The van der Waals surface area contributed by atoms with Gasteiger partial charge < -0.3 is 10.0 Å². The lowest BCUT2D eigenvalue weighted by Crippen LogP contribution is -2.55. The minimum absolute atomic E-state index is 0.243. The quantitative estimate of drug-likeness (QED) is 0.597. The van der Waals surface area contributed by atoms with Crippen molar-refractivity contribution >= 4 is 23.7 Å².